The van der Waals surface area contributed by atoms with Gasteiger partial charge in [-0.25, -0.2) is 5.84 Å². The summed E-state index contributed by atoms with van der Waals surface area (Å²) in [6.07, 6.45) is 0.798. The lowest BCUT2D eigenvalue weighted by molar-refractivity contribution is -0.129. The van der Waals surface area contributed by atoms with Gasteiger partial charge in [-0.1, -0.05) is 18.3 Å². The molecule has 4 N–H and O–H groups in total. The minimum absolute atomic E-state index is 0.0677. The van der Waals surface area contributed by atoms with Gasteiger partial charge in [-0.3, -0.25) is 15.1 Å². The summed E-state index contributed by atoms with van der Waals surface area (Å²) in [6, 6.07) is -0.0677. The van der Waals surface area contributed by atoms with E-state index in [9.17, 15) is 4.79 Å². The van der Waals surface area contributed by atoms with Crippen LogP contribution in [-0.2, 0) is 11.3 Å². The van der Waals surface area contributed by atoms with Crippen molar-refractivity contribution in [1.82, 2.24) is 20.4 Å². The fraction of sp³-hybridized carbons (Fsp3) is 0.667. The number of amides is 1. The van der Waals surface area contributed by atoms with Crippen LogP contribution >= 0.6 is 11.3 Å². The number of nitrogens with one attached hydrogen (secondary N) is 2. The molecule has 1 atom stereocenters. The molecule has 1 amide bonds. The van der Waals surface area contributed by atoms with E-state index in [1.165, 1.54) is 11.3 Å². The van der Waals surface area contributed by atoms with Gasteiger partial charge < -0.3 is 5.32 Å². The molecule has 1 aliphatic heterocycles. The summed E-state index contributed by atoms with van der Waals surface area (Å²) in [5.41, 5.74) is 2.47. The first-order valence-electron chi connectivity index (χ1n) is 5.55. The van der Waals surface area contributed by atoms with Gasteiger partial charge in [0.15, 0.2) is 0 Å². The number of nitrogen functional groups attached to an aromatic ring is 1. The second-order valence-electron chi connectivity index (χ2n) is 3.83. The molecule has 2 rings (SSSR count). The Morgan fingerprint density at radius 3 is 3.12 bits per heavy atom. The molecule has 17 heavy (non-hydrogen) atoms. The quantitative estimate of drug-likeness (QED) is 0.498. The minimum Gasteiger partial charge on any atom is -0.353 e. The summed E-state index contributed by atoms with van der Waals surface area (Å²) in [7, 11) is 0. The highest BCUT2D eigenvalue weighted by atomic mass is 32.1. The molecule has 0 aliphatic carbocycles. The second-order valence-corrected chi connectivity index (χ2v) is 4.89. The lowest BCUT2D eigenvalue weighted by Crippen LogP contribution is -2.54. The Morgan fingerprint density at radius 2 is 2.47 bits per heavy atom. The van der Waals surface area contributed by atoms with E-state index in [2.05, 4.69) is 25.8 Å². The van der Waals surface area contributed by atoms with Gasteiger partial charge in [-0.2, -0.15) is 0 Å². The van der Waals surface area contributed by atoms with Crippen LogP contribution in [0.25, 0.3) is 0 Å². The van der Waals surface area contributed by atoms with Gasteiger partial charge in [0.25, 0.3) is 0 Å². The lowest BCUT2D eigenvalue weighted by atomic mass is 10.1. The lowest BCUT2D eigenvalue weighted by Gasteiger charge is -2.33. The summed E-state index contributed by atoms with van der Waals surface area (Å²) >= 11 is 1.41. The van der Waals surface area contributed by atoms with E-state index in [4.69, 9.17) is 5.84 Å². The van der Waals surface area contributed by atoms with Gasteiger partial charge in [0.1, 0.15) is 5.01 Å². The molecule has 0 bridgehead atoms. The molecule has 0 radical (unpaired) electrons. The zero-order chi connectivity index (χ0) is 12.3. The van der Waals surface area contributed by atoms with E-state index in [1.54, 1.807) is 0 Å². The summed E-state index contributed by atoms with van der Waals surface area (Å²) in [5.74, 6) is 5.35. The van der Waals surface area contributed by atoms with Gasteiger partial charge in [0.05, 0.1) is 12.6 Å². The van der Waals surface area contributed by atoms with Gasteiger partial charge in [-0.15, -0.1) is 10.2 Å². The smallest absolute Gasteiger partial charge is 0.237 e. The van der Waals surface area contributed by atoms with Crippen LogP contribution in [0.4, 0.5) is 5.13 Å². The second kappa shape index (κ2) is 5.39. The maximum Gasteiger partial charge on any atom is 0.237 e. The van der Waals surface area contributed by atoms with Crippen LogP contribution in [-0.4, -0.2) is 40.1 Å². The number of nitrogens with zero attached hydrogens (tertiary/aromatic N) is 3. The van der Waals surface area contributed by atoms with Crippen molar-refractivity contribution in [1.29, 1.82) is 0 Å². The zero-order valence-corrected chi connectivity index (χ0v) is 10.5. The molecule has 1 fully saturated rings. The van der Waals surface area contributed by atoms with Gasteiger partial charge in [0.2, 0.25) is 11.0 Å². The number of piperazine rings is 1. The molecule has 1 aliphatic rings. The van der Waals surface area contributed by atoms with E-state index in [1.807, 2.05) is 6.92 Å². The van der Waals surface area contributed by atoms with E-state index >= 15 is 0 Å². The SMILES string of the molecule is CCC1C(=O)NCCN1Cc1nnc(NN)s1. The maximum absolute atomic E-state index is 11.7. The topological polar surface area (TPSA) is 96.2 Å². The third-order valence-corrected chi connectivity index (χ3v) is 3.60. The number of hydrogen-bond acceptors (Lipinski definition) is 7. The first-order valence-corrected chi connectivity index (χ1v) is 6.37. The van der Waals surface area contributed by atoms with Crippen LogP contribution in [0.15, 0.2) is 0 Å². The Labute approximate surface area is 103 Å². The fourth-order valence-corrected chi connectivity index (χ4v) is 2.62. The standard InChI is InChI=1S/C9H16N6OS/c1-2-6-8(16)11-3-4-15(6)5-7-13-14-9(12-10)17-7/h6H,2-5,10H2,1H3,(H,11,16)(H,12,14). The van der Waals surface area contributed by atoms with E-state index < -0.39 is 0 Å². The zero-order valence-electron chi connectivity index (χ0n) is 9.64. The van der Waals surface area contributed by atoms with E-state index in [0.29, 0.717) is 18.2 Å². The van der Waals surface area contributed by atoms with E-state index in [0.717, 1.165) is 18.0 Å². The Morgan fingerprint density at radius 1 is 1.65 bits per heavy atom. The molecule has 94 valence electrons. The summed E-state index contributed by atoms with van der Waals surface area (Å²) in [4.78, 5) is 13.8. The van der Waals surface area contributed by atoms with Crippen LogP contribution < -0.4 is 16.6 Å². The van der Waals surface area contributed by atoms with Crippen molar-refractivity contribution >= 4 is 22.4 Å². The monoisotopic (exact) mass is 256 g/mol. The highest BCUT2D eigenvalue weighted by Crippen LogP contribution is 2.18. The fourth-order valence-electron chi connectivity index (χ4n) is 1.94. The Balaban J connectivity index is 2.03. The predicted molar refractivity (Wildman–Crippen MR) is 65.2 cm³/mol. The van der Waals surface area contributed by atoms with Crippen molar-refractivity contribution in [3.05, 3.63) is 5.01 Å². The average molecular weight is 256 g/mol. The van der Waals surface area contributed by atoms with Crippen LogP contribution in [0.2, 0.25) is 0 Å². The van der Waals surface area contributed by atoms with Crippen LogP contribution in [0.1, 0.15) is 18.4 Å². The molecule has 8 heteroatoms. The Bertz CT molecular complexity index is 395. The number of hydrazine groups is 1. The third-order valence-electron chi connectivity index (χ3n) is 2.76. The van der Waals surface area contributed by atoms with Gasteiger partial charge >= 0.3 is 0 Å². The summed E-state index contributed by atoms with van der Waals surface area (Å²) in [6.45, 7) is 4.19. The normalized spacial score (nSPS) is 21.3. The minimum atomic E-state index is -0.0677. The maximum atomic E-state index is 11.7. The number of carbonyl (C=O) groups excluding carboxylic acids is 1. The first kappa shape index (κ1) is 12.2. The molecular weight excluding hydrogens is 240 g/mol. The Kier molecular flexibility index (Phi) is 3.87. The van der Waals surface area contributed by atoms with Crippen molar-refractivity contribution in [2.45, 2.75) is 25.9 Å². The van der Waals surface area contributed by atoms with Gasteiger partial charge in [-0.05, 0) is 6.42 Å². The Hall–Kier alpha value is -1.25. The van der Waals surface area contributed by atoms with Crippen LogP contribution in [0, 0.1) is 0 Å². The summed E-state index contributed by atoms with van der Waals surface area (Å²) < 4.78 is 0. The van der Waals surface area contributed by atoms with E-state index in [-0.39, 0.29) is 11.9 Å². The number of rotatable bonds is 4. The van der Waals surface area contributed by atoms with Crippen molar-refractivity contribution in [3.8, 4) is 0 Å². The number of carbonyl (C=O) groups is 1. The van der Waals surface area contributed by atoms with Crippen molar-refractivity contribution in [2.75, 3.05) is 18.5 Å². The van der Waals surface area contributed by atoms with Gasteiger partial charge in [0, 0.05) is 13.1 Å². The molecule has 0 aromatic carbocycles. The molecule has 7 nitrogen and oxygen atoms in total. The molecule has 0 spiro atoms. The van der Waals surface area contributed by atoms with Crippen molar-refractivity contribution < 1.29 is 4.79 Å². The largest absolute Gasteiger partial charge is 0.353 e. The first-order chi connectivity index (χ1) is 8.24. The highest BCUT2D eigenvalue weighted by molar-refractivity contribution is 7.15. The molecule has 0 saturated carbocycles. The van der Waals surface area contributed by atoms with Crippen molar-refractivity contribution in [3.63, 3.8) is 0 Å². The van der Waals surface area contributed by atoms with Crippen molar-refractivity contribution in [2.24, 2.45) is 5.84 Å². The predicted octanol–water partition coefficient (Wildman–Crippen LogP) is -0.466. The molecule has 1 saturated heterocycles. The van der Waals surface area contributed by atoms with Crippen LogP contribution in [0.5, 0.6) is 0 Å². The number of nitrogens with two attached hydrogens (primary N) is 1. The van der Waals surface area contributed by atoms with Crippen LogP contribution in [0.3, 0.4) is 0 Å². The molecule has 1 aromatic heterocycles. The molecule has 1 unspecified atom stereocenters. The average Bonchev–Trinajstić information content (AvgIpc) is 2.77. The number of hydrogen-bond donors (Lipinski definition) is 3. The molecule has 2 heterocycles. The number of anilines is 1. The number of aromatic nitrogens is 2. The molecular formula is C9H16N6OS. The third kappa shape index (κ3) is 2.71. The summed E-state index contributed by atoms with van der Waals surface area (Å²) in [5, 5.41) is 12.2. The highest BCUT2D eigenvalue weighted by Gasteiger charge is 2.28. The molecule has 1 aromatic rings.